The number of benzene rings is 1. The van der Waals surface area contributed by atoms with Gasteiger partial charge in [0.25, 0.3) is 0 Å². The van der Waals surface area contributed by atoms with E-state index < -0.39 is 5.41 Å². The molecule has 1 aliphatic carbocycles. The summed E-state index contributed by atoms with van der Waals surface area (Å²) >= 11 is 0. The van der Waals surface area contributed by atoms with Gasteiger partial charge < -0.3 is 5.73 Å². The van der Waals surface area contributed by atoms with Crippen molar-refractivity contribution in [2.75, 3.05) is 5.73 Å². The molecular weight excluding hydrogens is 236 g/mol. The minimum atomic E-state index is -0.507. The van der Waals surface area contributed by atoms with Crippen molar-refractivity contribution in [3.05, 3.63) is 53.5 Å². The van der Waals surface area contributed by atoms with E-state index in [9.17, 15) is 5.26 Å². The van der Waals surface area contributed by atoms with Gasteiger partial charge in [-0.25, -0.2) is 9.97 Å². The lowest BCUT2D eigenvalue weighted by Gasteiger charge is -2.32. The number of nitrogens with zero attached hydrogens (tertiary/aromatic N) is 3. The summed E-state index contributed by atoms with van der Waals surface area (Å²) in [7, 11) is 0. The molecule has 0 saturated heterocycles. The highest BCUT2D eigenvalue weighted by Gasteiger charge is 2.37. The Hall–Kier alpha value is -2.41. The number of aromatic nitrogens is 2. The normalized spacial score (nSPS) is 21.4. The van der Waals surface area contributed by atoms with Gasteiger partial charge in [0.1, 0.15) is 12.1 Å². The molecule has 4 nitrogen and oxygen atoms in total. The minimum absolute atomic E-state index is 0.500. The maximum absolute atomic E-state index is 9.68. The highest BCUT2D eigenvalue weighted by molar-refractivity contribution is 5.48. The number of nitriles is 1. The quantitative estimate of drug-likeness (QED) is 0.840. The molecular formula is C15H14N4. The third-order valence-electron chi connectivity index (χ3n) is 3.88. The molecule has 0 spiro atoms. The minimum Gasteiger partial charge on any atom is -0.383 e. The summed E-state index contributed by atoms with van der Waals surface area (Å²) in [6, 6.07) is 12.4. The Morgan fingerprint density at radius 2 is 2.00 bits per heavy atom. The van der Waals surface area contributed by atoms with E-state index in [2.05, 4.69) is 16.0 Å². The van der Waals surface area contributed by atoms with Crippen LogP contribution in [0.25, 0.3) is 0 Å². The Bertz CT molecular complexity index is 645. The lowest BCUT2D eigenvalue weighted by atomic mass is 9.69. The molecule has 3 rings (SSSR count). The summed E-state index contributed by atoms with van der Waals surface area (Å²) in [4.78, 5) is 8.32. The molecule has 2 aromatic rings. The molecule has 1 aromatic heterocycles. The highest BCUT2D eigenvalue weighted by atomic mass is 14.9. The molecule has 4 heteroatoms. The number of nitrogens with two attached hydrogens (primary N) is 1. The standard InChI is InChI=1S/C15H14N4/c16-9-15(11-4-2-1-3-5-11)7-6-13-12(8-15)14(17)19-10-18-13/h1-5,10H,6-8H2,(H2,17,18,19)/t15-/m0/s1. The number of nitrogen functional groups attached to an aromatic ring is 1. The van der Waals surface area contributed by atoms with Gasteiger partial charge in [0.05, 0.1) is 11.5 Å². The summed E-state index contributed by atoms with van der Waals surface area (Å²) < 4.78 is 0. The van der Waals surface area contributed by atoms with Crippen LogP contribution in [-0.4, -0.2) is 9.97 Å². The van der Waals surface area contributed by atoms with Crippen LogP contribution in [0.5, 0.6) is 0 Å². The molecule has 94 valence electrons. The monoisotopic (exact) mass is 250 g/mol. The van der Waals surface area contributed by atoms with Gasteiger partial charge in [-0.3, -0.25) is 0 Å². The lowest BCUT2D eigenvalue weighted by molar-refractivity contribution is 0.466. The summed E-state index contributed by atoms with van der Waals surface area (Å²) in [5.74, 6) is 0.500. The van der Waals surface area contributed by atoms with E-state index in [-0.39, 0.29) is 0 Å². The fraction of sp³-hybridized carbons (Fsp3) is 0.267. The Morgan fingerprint density at radius 3 is 2.74 bits per heavy atom. The summed E-state index contributed by atoms with van der Waals surface area (Å²) in [6.45, 7) is 0. The number of fused-ring (bicyclic) bond motifs is 1. The summed E-state index contributed by atoms with van der Waals surface area (Å²) in [5, 5.41) is 9.68. The van der Waals surface area contributed by atoms with Crippen molar-refractivity contribution in [3.8, 4) is 6.07 Å². The maximum atomic E-state index is 9.68. The smallest absolute Gasteiger partial charge is 0.130 e. The van der Waals surface area contributed by atoms with Crippen LogP contribution in [0.4, 0.5) is 5.82 Å². The average Bonchev–Trinajstić information content (AvgIpc) is 2.48. The van der Waals surface area contributed by atoms with Crippen LogP contribution in [0, 0.1) is 11.3 Å². The molecule has 1 aromatic carbocycles. The Labute approximate surface area is 111 Å². The SMILES string of the molecule is N#C[C@]1(c2ccccc2)CCc2ncnc(N)c2C1. The van der Waals surface area contributed by atoms with Crippen LogP contribution in [-0.2, 0) is 18.3 Å². The molecule has 19 heavy (non-hydrogen) atoms. The van der Waals surface area contributed by atoms with Crippen LogP contribution >= 0.6 is 0 Å². The average molecular weight is 250 g/mol. The summed E-state index contributed by atoms with van der Waals surface area (Å²) in [6.07, 6.45) is 3.63. The van der Waals surface area contributed by atoms with Crippen molar-refractivity contribution >= 4 is 5.82 Å². The van der Waals surface area contributed by atoms with Crippen molar-refractivity contribution in [2.24, 2.45) is 0 Å². The van der Waals surface area contributed by atoms with Gasteiger partial charge in [-0.05, 0) is 18.4 Å². The van der Waals surface area contributed by atoms with Gasteiger partial charge >= 0.3 is 0 Å². The zero-order chi connectivity index (χ0) is 13.3. The van der Waals surface area contributed by atoms with Gasteiger partial charge in [0, 0.05) is 17.7 Å². The molecule has 1 aliphatic rings. The van der Waals surface area contributed by atoms with E-state index >= 15 is 0 Å². The van der Waals surface area contributed by atoms with Crippen molar-refractivity contribution in [1.29, 1.82) is 5.26 Å². The van der Waals surface area contributed by atoms with E-state index in [4.69, 9.17) is 5.73 Å². The van der Waals surface area contributed by atoms with Gasteiger partial charge in [-0.2, -0.15) is 5.26 Å². The van der Waals surface area contributed by atoms with Crippen LogP contribution in [0.3, 0.4) is 0 Å². The fourth-order valence-corrected chi connectivity index (χ4v) is 2.76. The number of anilines is 1. The topological polar surface area (TPSA) is 75.6 Å². The summed E-state index contributed by atoms with van der Waals surface area (Å²) in [5.41, 5.74) is 8.39. The molecule has 0 aliphatic heterocycles. The van der Waals surface area contributed by atoms with E-state index in [0.717, 1.165) is 29.7 Å². The van der Waals surface area contributed by atoms with E-state index in [1.54, 1.807) is 0 Å². The first-order valence-corrected chi connectivity index (χ1v) is 6.30. The van der Waals surface area contributed by atoms with Crippen molar-refractivity contribution in [1.82, 2.24) is 9.97 Å². The predicted octanol–water partition coefficient (Wildman–Crippen LogP) is 2.01. The Balaban J connectivity index is 2.08. The number of rotatable bonds is 1. The molecule has 2 N–H and O–H groups in total. The zero-order valence-electron chi connectivity index (χ0n) is 10.5. The van der Waals surface area contributed by atoms with Crippen LogP contribution < -0.4 is 5.73 Å². The maximum Gasteiger partial charge on any atom is 0.130 e. The van der Waals surface area contributed by atoms with Crippen LogP contribution in [0.2, 0.25) is 0 Å². The van der Waals surface area contributed by atoms with Gasteiger partial charge in [0.15, 0.2) is 0 Å². The van der Waals surface area contributed by atoms with E-state index in [1.165, 1.54) is 6.33 Å². The largest absolute Gasteiger partial charge is 0.383 e. The third-order valence-corrected chi connectivity index (χ3v) is 3.88. The molecule has 0 amide bonds. The van der Waals surface area contributed by atoms with Crippen molar-refractivity contribution < 1.29 is 0 Å². The third kappa shape index (κ3) is 1.84. The van der Waals surface area contributed by atoms with Crippen molar-refractivity contribution in [3.63, 3.8) is 0 Å². The highest BCUT2D eigenvalue weighted by Crippen LogP contribution is 2.38. The predicted molar refractivity (Wildman–Crippen MR) is 72.2 cm³/mol. The molecule has 0 fully saturated rings. The van der Waals surface area contributed by atoms with Crippen LogP contribution in [0.1, 0.15) is 23.2 Å². The van der Waals surface area contributed by atoms with E-state index in [0.29, 0.717) is 12.2 Å². The zero-order valence-corrected chi connectivity index (χ0v) is 10.5. The van der Waals surface area contributed by atoms with E-state index in [1.807, 2.05) is 30.3 Å². The second-order valence-corrected chi connectivity index (χ2v) is 4.92. The van der Waals surface area contributed by atoms with Gasteiger partial charge in [0.2, 0.25) is 0 Å². The number of aryl methyl sites for hydroxylation is 1. The van der Waals surface area contributed by atoms with Crippen molar-refractivity contribution in [2.45, 2.75) is 24.7 Å². The Morgan fingerprint density at radius 1 is 1.21 bits per heavy atom. The molecule has 1 heterocycles. The van der Waals surface area contributed by atoms with Gasteiger partial charge in [-0.1, -0.05) is 30.3 Å². The van der Waals surface area contributed by atoms with Crippen LogP contribution in [0.15, 0.2) is 36.7 Å². The lowest BCUT2D eigenvalue weighted by Crippen LogP contribution is -2.33. The number of hydrogen-bond acceptors (Lipinski definition) is 4. The van der Waals surface area contributed by atoms with Gasteiger partial charge in [-0.15, -0.1) is 0 Å². The number of hydrogen-bond donors (Lipinski definition) is 1. The second kappa shape index (κ2) is 4.36. The molecule has 0 unspecified atom stereocenters. The first-order valence-electron chi connectivity index (χ1n) is 6.30. The first kappa shape index (κ1) is 11.7. The Kier molecular flexibility index (Phi) is 2.68. The molecule has 1 atom stereocenters. The second-order valence-electron chi connectivity index (χ2n) is 4.92. The fourth-order valence-electron chi connectivity index (χ4n) is 2.76. The molecule has 0 bridgehead atoms. The molecule has 0 radical (unpaired) electrons. The molecule has 0 saturated carbocycles. The first-order chi connectivity index (χ1) is 9.25.